The molecule has 0 saturated heterocycles. The van der Waals surface area contributed by atoms with E-state index in [1.807, 2.05) is 13.8 Å². The van der Waals surface area contributed by atoms with Crippen LogP contribution in [0.3, 0.4) is 0 Å². The zero-order chi connectivity index (χ0) is 21.6. The van der Waals surface area contributed by atoms with Crippen molar-refractivity contribution in [3.63, 3.8) is 0 Å². The zero-order valence-electron chi connectivity index (χ0n) is 17.3. The van der Waals surface area contributed by atoms with Crippen LogP contribution in [0.5, 0.6) is 0 Å². The van der Waals surface area contributed by atoms with Gasteiger partial charge in [-0.05, 0) is 58.4 Å². The number of hydrogen-bond donors (Lipinski definition) is 1. The van der Waals surface area contributed by atoms with Crippen LogP contribution in [0.4, 0.5) is 5.00 Å². The van der Waals surface area contributed by atoms with Crippen LogP contribution in [0.2, 0.25) is 0 Å². The first-order valence-electron chi connectivity index (χ1n) is 9.44. The van der Waals surface area contributed by atoms with E-state index in [-0.39, 0.29) is 22.6 Å². The molecule has 0 aliphatic heterocycles. The van der Waals surface area contributed by atoms with Crippen molar-refractivity contribution >= 4 is 40.2 Å². The predicted molar refractivity (Wildman–Crippen MR) is 113 cm³/mol. The van der Waals surface area contributed by atoms with Gasteiger partial charge in [0.15, 0.2) is 0 Å². The molecule has 0 fully saturated rings. The number of ether oxygens (including phenoxy) is 1. The highest BCUT2D eigenvalue weighted by molar-refractivity contribution is 7.18. The second kappa shape index (κ2) is 10.1. The van der Waals surface area contributed by atoms with Gasteiger partial charge in [-0.25, -0.2) is 4.79 Å². The Hall–Kier alpha value is -2.87. The number of amides is 2. The monoisotopic (exact) mass is 418 g/mol. The van der Waals surface area contributed by atoms with Crippen molar-refractivity contribution in [3.8, 4) is 0 Å². The van der Waals surface area contributed by atoms with Crippen LogP contribution in [0, 0.1) is 6.92 Å². The van der Waals surface area contributed by atoms with Crippen LogP contribution < -0.4 is 5.32 Å². The Morgan fingerprint density at radius 1 is 1.28 bits per heavy atom. The molecule has 0 spiro atoms. The summed E-state index contributed by atoms with van der Waals surface area (Å²) in [6.45, 7) is 10.1. The highest BCUT2D eigenvalue weighted by atomic mass is 32.1. The fourth-order valence-electron chi connectivity index (χ4n) is 2.68. The lowest BCUT2D eigenvalue weighted by Gasteiger charge is -2.18. The smallest absolute Gasteiger partial charge is 0.341 e. The van der Waals surface area contributed by atoms with Gasteiger partial charge in [0.25, 0.3) is 5.91 Å². The molecule has 0 atom stereocenters. The number of thiophene rings is 1. The van der Waals surface area contributed by atoms with Crippen molar-refractivity contribution in [1.29, 1.82) is 0 Å². The number of nitrogens with one attached hydrogen (secondary N) is 1. The van der Waals surface area contributed by atoms with Crippen molar-refractivity contribution in [2.24, 2.45) is 0 Å². The van der Waals surface area contributed by atoms with Crippen LogP contribution >= 0.6 is 11.3 Å². The summed E-state index contributed by atoms with van der Waals surface area (Å²) < 4.78 is 10.5. The molecule has 7 nitrogen and oxygen atoms in total. The molecule has 0 aliphatic carbocycles. The Morgan fingerprint density at radius 3 is 2.52 bits per heavy atom. The van der Waals surface area contributed by atoms with Gasteiger partial charge in [0.2, 0.25) is 5.91 Å². The van der Waals surface area contributed by atoms with E-state index in [0.717, 1.165) is 11.3 Å². The maximum Gasteiger partial charge on any atom is 0.341 e. The molecule has 2 aromatic rings. The molecule has 2 rings (SSSR count). The van der Waals surface area contributed by atoms with Gasteiger partial charge in [-0.1, -0.05) is 0 Å². The first-order valence-corrected chi connectivity index (χ1v) is 10.3. The number of nitrogens with zero attached hydrogens (tertiary/aromatic N) is 1. The third-order valence-corrected chi connectivity index (χ3v) is 5.31. The highest BCUT2D eigenvalue weighted by Crippen LogP contribution is 2.35. The summed E-state index contributed by atoms with van der Waals surface area (Å²) in [6.07, 6.45) is 4.00. The van der Waals surface area contributed by atoms with Crippen molar-refractivity contribution in [2.45, 2.75) is 40.7 Å². The summed E-state index contributed by atoms with van der Waals surface area (Å²) in [4.78, 5) is 39.9. The summed E-state index contributed by atoms with van der Waals surface area (Å²) in [5.41, 5.74) is 0.710. The molecule has 0 bridgehead atoms. The molecular weight excluding hydrogens is 392 g/mol. The van der Waals surface area contributed by atoms with E-state index >= 15 is 0 Å². The maximum absolute atomic E-state index is 12.9. The summed E-state index contributed by atoms with van der Waals surface area (Å²) in [5, 5.41) is 2.99. The first kappa shape index (κ1) is 22.4. The first-order chi connectivity index (χ1) is 13.8. The molecule has 2 heterocycles. The summed E-state index contributed by atoms with van der Waals surface area (Å²) in [5.74, 6) is -0.664. The van der Waals surface area contributed by atoms with Crippen molar-refractivity contribution < 1.29 is 23.5 Å². The lowest BCUT2D eigenvalue weighted by atomic mass is 10.1. The van der Waals surface area contributed by atoms with Gasteiger partial charge in [-0.15, -0.1) is 11.3 Å². The summed E-state index contributed by atoms with van der Waals surface area (Å²) >= 11 is 1.08. The Kier molecular flexibility index (Phi) is 7.78. The lowest BCUT2D eigenvalue weighted by Crippen LogP contribution is -2.30. The quantitative estimate of drug-likeness (QED) is 0.509. The van der Waals surface area contributed by atoms with Crippen LogP contribution in [-0.2, 0) is 9.53 Å². The van der Waals surface area contributed by atoms with Crippen LogP contribution in [0.15, 0.2) is 28.9 Å². The number of carbonyl (C=O) groups is 3. The number of carbonyl (C=O) groups excluding carboxylic acids is 3. The molecule has 2 aromatic heterocycles. The number of anilines is 1. The Bertz CT molecular complexity index is 893. The molecule has 0 radical (unpaired) electrons. The molecule has 156 valence electrons. The third kappa shape index (κ3) is 5.57. The van der Waals surface area contributed by atoms with E-state index < -0.39 is 11.9 Å². The largest absolute Gasteiger partial charge is 0.465 e. The third-order valence-electron chi connectivity index (χ3n) is 4.12. The van der Waals surface area contributed by atoms with Gasteiger partial charge >= 0.3 is 5.97 Å². The topological polar surface area (TPSA) is 88.9 Å². The second-order valence-electron chi connectivity index (χ2n) is 6.53. The fraction of sp³-hybridized carbons (Fsp3) is 0.381. The van der Waals surface area contributed by atoms with E-state index in [1.54, 1.807) is 37.8 Å². The minimum absolute atomic E-state index is 0.178. The van der Waals surface area contributed by atoms with E-state index in [0.29, 0.717) is 29.3 Å². The molecule has 29 heavy (non-hydrogen) atoms. The van der Waals surface area contributed by atoms with Crippen LogP contribution in [0.25, 0.3) is 6.08 Å². The fourth-order valence-corrected chi connectivity index (χ4v) is 3.84. The van der Waals surface area contributed by atoms with Gasteiger partial charge in [0.1, 0.15) is 10.8 Å². The standard InChI is InChI=1S/C21H26N2O5S/c1-6-23(7-2)20(25)18-14(5)17(21(26)28-13(3)4)19(29-18)22-16(24)11-10-15-9-8-12-27-15/h8-13H,6-7H2,1-5H3,(H,22,24). The Balaban J connectivity index is 2.37. The van der Waals surface area contributed by atoms with Crippen molar-refractivity contribution in [1.82, 2.24) is 4.90 Å². The van der Waals surface area contributed by atoms with Crippen LogP contribution in [0.1, 0.15) is 59.0 Å². The summed E-state index contributed by atoms with van der Waals surface area (Å²) in [7, 11) is 0. The van der Waals surface area contributed by atoms with Crippen molar-refractivity contribution in [3.05, 3.63) is 46.2 Å². The highest BCUT2D eigenvalue weighted by Gasteiger charge is 2.28. The van der Waals surface area contributed by atoms with E-state index in [1.165, 1.54) is 18.4 Å². The average molecular weight is 419 g/mol. The molecule has 0 aliphatic rings. The molecule has 2 amide bonds. The number of furan rings is 1. The molecule has 8 heteroatoms. The van der Waals surface area contributed by atoms with E-state index in [4.69, 9.17) is 9.15 Å². The van der Waals surface area contributed by atoms with Crippen molar-refractivity contribution in [2.75, 3.05) is 18.4 Å². The number of hydrogen-bond acceptors (Lipinski definition) is 6. The molecule has 0 saturated carbocycles. The SMILES string of the molecule is CCN(CC)C(=O)c1sc(NC(=O)C=Cc2ccco2)c(C(=O)OC(C)C)c1C. The minimum atomic E-state index is -0.572. The van der Waals surface area contributed by atoms with E-state index in [9.17, 15) is 14.4 Å². The zero-order valence-corrected chi connectivity index (χ0v) is 18.1. The van der Waals surface area contributed by atoms with Gasteiger partial charge < -0.3 is 19.4 Å². The van der Waals surface area contributed by atoms with Crippen LogP contribution in [-0.4, -0.2) is 41.9 Å². The average Bonchev–Trinajstić information content (AvgIpc) is 3.28. The van der Waals surface area contributed by atoms with Gasteiger partial charge in [-0.2, -0.15) is 0 Å². The summed E-state index contributed by atoms with van der Waals surface area (Å²) in [6, 6.07) is 3.43. The molecule has 0 unspecified atom stereocenters. The maximum atomic E-state index is 12.9. The minimum Gasteiger partial charge on any atom is -0.465 e. The van der Waals surface area contributed by atoms with Gasteiger partial charge in [0.05, 0.1) is 22.8 Å². The van der Waals surface area contributed by atoms with Gasteiger partial charge in [0, 0.05) is 19.2 Å². The Morgan fingerprint density at radius 2 is 1.97 bits per heavy atom. The molecule has 0 aromatic carbocycles. The lowest BCUT2D eigenvalue weighted by molar-refractivity contribution is -0.111. The van der Waals surface area contributed by atoms with Gasteiger partial charge in [-0.3, -0.25) is 9.59 Å². The Labute approximate surface area is 174 Å². The number of rotatable bonds is 8. The predicted octanol–water partition coefficient (Wildman–Crippen LogP) is 4.35. The normalized spacial score (nSPS) is 11.1. The number of esters is 1. The van der Waals surface area contributed by atoms with E-state index in [2.05, 4.69) is 5.32 Å². The molecule has 1 N–H and O–H groups in total. The molecular formula is C21H26N2O5S. The second-order valence-corrected chi connectivity index (χ2v) is 7.55.